The van der Waals surface area contributed by atoms with Crippen molar-refractivity contribution in [2.75, 3.05) is 0 Å². The molecule has 0 bridgehead atoms. The molecule has 2 aromatic heterocycles. The molecule has 0 aliphatic carbocycles. The average molecular weight is 284 g/mol. The first-order valence-corrected chi connectivity index (χ1v) is 6.35. The van der Waals surface area contributed by atoms with Gasteiger partial charge in [0.05, 0.1) is 0 Å². The molecule has 0 radical (unpaired) electrons. The maximum Gasteiger partial charge on any atom is 0.173 e. The summed E-state index contributed by atoms with van der Waals surface area (Å²) in [5.41, 5.74) is 3.72. The predicted octanol–water partition coefficient (Wildman–Crippen LogP) is 3.51. The van der Waals surface area contributed by atoms with E-state index in [2.05, 4.69) is 58.3 Å². The molecule has 2 nitrogen and oxygen atoms in total. The van der Waals surface area contributed by atoms with Gasteiger partial charge in [-0.25, -0.2) is 4.57 Å². The molecule has 3 rings (SSSR count). The normalized spacial score (nSPS) is 9.80. The van der Waals surface area contributed by atoms with Crippen molar-refractivity contribution >= 4 is 12.4 Å². The van der Waals surface area contributed by atoms with Gasteiger partial charge in [0.1, 0.15) is 0 Å². The Labute approximate surface area is 125 Å². The van der Waals surface area contributed by atoms with Gasteiger partial charge in [0.15, 0.2) is 18.9 Å². The van der Waals surface area contributed by atoms with Crippen LogP contribution in [0.3, 0.4) is 0 Å². The van der Waals surface area contributed by atoms with Crippen LogP contribution in [0.15, 0.2) is 79.4 Å². The van der Waals surface area contributed by atoms with Crippen molar-refractivity contribution in [2.45, 2.75) is 6.54 Å². The average Bonchev–Trinajstić information content (AvgIpc) is 2.50. The zero-order chi connectivity index (χ0) is 12.9. The van der Waals surface area contributed by atoms with Gasteiger partial charge in [0, 0.05) is 30.1 Å². The third kappa shape index (κ3) is 3.43. The number of aromatic nitrogens is 2. The second-order valence-electron chi connectivity index (χ2n) is 4.48. The van der Waals surface area contributed by atoms with E-state index in [1.165, 1.54) is 16.7 Å². The van der Waals surface area contributed by atoms with E-state index in [-0.39, 0.29) is 12.4 Å². The van der Waals surface area contributed by atoms with E-state index in [0.29, 0.717) is 0 Å². The highest BCUT2D eigenvalue weighted by Gasteiger charge is 2.03. The first-order chi connectivity index (χ1) is 9.42. The lowest BCUT2D eigenvalue weighted by Crippen LogP contribution is -2.32. The number of benzene rings is 1. The highest BCUT2D eigenvalue weighted by Crippen LogP contribution is 2.15. The van der Waals surface area contributed by atoms with Crippen molar-refractivity contribution in [2.24, 2.45) is 0 Å². The van der Waals surface area contributed by atoms with E-state index < -0.39 is 0 Å². The van der Waals surface area contributed by atoms with E-state index in [4.69, 9.17) is 0 Å². The second-order valence-corrected chi connectivity index (χ2v) is 4.48. The fourth-order valence-electron chi connectivity index (χ4n) is 2.09. The summed E-state index contributed by atoms with van der Waals surface area (Å²) < 4.78 is 2.18. The minimum absolute atomic E-state index is 0. The van der Waals surface area contributed by atoms with Crippen LogP contribution >= 0.6 is 12.4 Å². The van der Waals surface area contributed by atoms with Crippen LogP contribution in [-0.2, 0) is 6.54 Å². The van der Waals surface area contributed by atoms with E-state index in [1.807, 2.05) is 30.6 Å². The minimum atomic E-state index is 0. The maximum absolute atomic E-state index is 4.04. The first kappa shape index (κ1) is 14.2. The first-order valence-electron chi connectivity index (χ1n) is 6.35. The van der Waals surface area contributed by atoms with Crippen molar-refractivity contribution in [3.8, 4) is 11.1 Å². The zero-order valence-electron chi connectivity index (χ0n) is 11.0. The second kappa shape index (κ2) is 6.83. The lowest BCUT2D eigenvalue weighted by molar-refractivity contribution is -0.688. The molecule has 0 spiro atoms. The molecule has 0 amide bonds. The standard InChI is InChI=1S/C17H15N2.ClH/c1-2-4-15(5-3-1)14-19-12-8-17(9-13-19)16-6-10-18-11-7-16;/h1-13H,14H2;1H/q+1;. The molecule has 0 unspecified atom stereocenters. The van der Waals surface area contributed by atoms with Crippen LogP contribution in [0.2, 0.25) is 0 Å². The monoisotopic (exact) mass is 283 g/mol. The molecule has 0 N–H and O–H groups in total. The van der Waals surface area contributed by atoms with Gasteiger partial charge < -0.3 is 0 Å². The van der Waals surface area contributed by atoms with Crippen LogP contribution in [0.1, 0.15) is 5.56 Å². The van der Waals surface area contributed by atoms with Gasteiger partial charge >= 0.3 is 0 Å². The molecular weight excluding hydrogens is 268 g/mol. The van der Waals surface area contributed by atoms with Crippen molar-refractivity contribution in [1.82, 2.24) is 4.98 Å². The number of hydrogen-bond donors (Lipinski definition) is 0. The van der Waals surface area contributed by atoms with E-state index in [1.54, 1.807) is 0 Å². The molecule has 0 fully saturated rings. The molecule has 0 atom stereocenters. The molecule has 2 heterocycles. The SMILES string of the molecule is Cl.c1ccc(C[n+]2ccc(-c3ccncc3)cc2)cc1. The minimum Gasteiger partial charge on any atom is -0.265 e. The van der Waals surface area contributed by atoms with Gasteiger partial charge in [-0.1, -0.05) is 30.3 Å². The number of halogens is 1. The van der Waals surface area contributed by atoms with Gasteiger partial charge in [0.2, 0.25) is 0 Å². The van der Waals surface area contributed by atoms with Gasteiger partial charge in [-0.15, -0.1) is 12.4 Å². The highest BCUT2D eigenvalue weighted by atomic mass is 35.5. The molecule has 20 heavy (non-hydrogen) atoms. The summed E-state index contributed by atoms with van der Waals surface area (Å²) in [4.78, 5) is 4.04. The summed E-state index contributed by atoms with van der Waals surface area (Å²) >= 11 is 0. The van der Waals surface area contributed by atoms with E-state index in [9.17, 15) is 0 Å². The Morgan fingerprint density at radius 1 is 0.750 bits per heavy atom. The fraction of sp³-hybridized carbons (Fsp3) is 0.0588. The lowest BCUT2D eigenvalue weighted by atomic mass is 10.1. The Morgan fingerprint density at radius 3 is 2.00 bits per heavy atom. The van der Waals surface area contributed by atoms with Gasteiger partial charge in [-0.05, 0) is 23.3 Å². The number of pyridine rings is 2. The Hall–Kier alpha value is -2.19. The predicted molar refractivity (Wildman–Crippen MR) is 82.7 cm³/mol. The molecule has 0 saturated heterocycles. The number of rotatable bonds is 3. The number of hydrogen-bond acceptors (Lipinski definition) is 1. The van der Waals surface area contributed by atoms with Crippen LogP contribution in [0.25, 0.3) is 11.1 Å². The van der Waals surface area contributed by atoms with E-state index >= 15 is 0 Å². The summed E-state index contributed by atoms with van der Waals surface area (Å²) in [5, 5.41) is 0. The van der Waals surface area contributed by atoms with Crippen LogP contribution in [-0.4, -0.2) is 4.98 Å². The maximum atomic E-state index is 4.04. The molecule has 100 valence electrons. The van der Waals surface area contributed by atoms with Gasteiger partial charge in [0.25, 0.3) is 0 Å². The van der Waals surface area contributed by atoms with Crippen LogP contribution in [0.5, 0.6) is 0 Å². The molecule has 0 aliphatic heterocycles. The van der Waals surface area contributed by atoms with Crippen molar-refractivity contribution in [1.29, 1.82) is 0 Å². The quantitative estimate of drug-likeness (QED) is 0.672. The summed E-state index contributed by atoms with van der Waals surface area (Å²) in [6.45, 7) is 0.900. The molecule has 1 aromatic carbocycles. The van der Waals surface area contributed by atoms with Gasteiger partial charge in [-0.2, -0.15) is 0 Å². The third-order valence-corrected chi connectivity index (χ3v) is 3.11. The Bertz CT molecular complexity index is 637. The Kier molecular flexibility index (Phi) is 4.85. The molecule has 0 aliphatic rings. The summed E-state index contributed by atoms with van der Waals surface area (Å²) in [6, 6.07) is 18.8. The molecule has 3 heteroatoms. The summed E-state index contributed by atoms with van der Waals surface area (Å²) in [7, 11) is 0. The van der Waals surface area contributed by atoms with E-state index in [0.717, 1.165) is 6.54 Å². The van der Waals surface area contributed by atoms with Crippen molar-refractivity contribution in [3.63, 3.8) is 0 Å². The topological polar surface area (TPSA) is 16.8 Å². The summed E-state index contributed by atoms with van der Waals surface area (Å²) in [5.74, 6) is 0. The Morgan fingerprint density at radius 2 is 1.35 bits per heavy atom. The Balaban J connectivity index is 0.00000147. The highest BCUT2D eigenvalue weighted by molar-refractivity contribution is 5.85. The summed E-state index contributed by atoms with van der Waals surface area (Å²) in [6.07, 6.45) is 7.87. The van der Waals surface area contributed by atoms with Crippen LogP contribution in [0.4, 0.5) is 0 Å². The van der Waals surface area contributed by atoms with Gasteiger partial charge in [-0.3, -0.25) is 4.98 Å². The number of nitrogens with zero attached hydrogens (tertiary/aromatic N) is 2. The largest absolute Gasteiger partial charge is 0.265 e. The van der Waals surface area contributed by atoms with Crippen molar-refractivity contribution in [3.05, 3.63) is 84.9 Å². The smallest absolute Gasteiger partial charge is 0.173 e. The lowest BCUT2D eigenvalue weighted by Gasteiger charge is -2.01. The molecule has 0 saturated carbocycles. The zero-order valence-corrected chi connectivity index (χ0v) is 11.8. The third-order valence-electron chi connectivity index (χ3n) is 3.11. The fourth-order valence-corrected chi connectivity index (χ4v) is 2.09. The molecule has 3 aromatic rings. The van der Waals surface area contributed by atoms with Crippen LogP contribution < -0.4 is 4.57 Å². The van der Waals surface area contributed by atoms with Crippen LogP contribution in [0, 0.1) is 0 Å². The van der Waals surface area contributed by atoms with Crippen molar-refractivity contribution < 1.29 is 4.57 Å². The molecular formula is C17H16ClN2+.